The molecule has 1 aromatic heterocycles. The van der Waals surface area contributed by atoms with Gasteiger partial charge in [-0.2, -0.15) is 0 Å². The number of ether oxygens (including phenoxy) is 3. The summed E-state index contributed by atoms with van der Waals surface area (Å²) in [6.07, 6.45) is 4.75. The molecule has 198 valence electrons. The van der Waals surface area contributed by atoms with Crippen molar-refractivity contribution in [2.24, 2.45) is 5.73 Å². The molecule has 1 saturated heterocycles. The summed E-state index contributed by atoms with van der Waals surface area (Å²) in [6, 6.07) is 30.6. The van der Waals surface area contributed by atoms with Crippen molar-refractivity contribution in [2.45, 2.75) is 43.5 Å². The van der Waals surface area contributed by atoms with E-state index in [1.807, 2.05) is 73.0 Å². The van der Waals surface area contributed by atoms with Gasteiger partial charge in [-0.05, 0) is 36.1 Å². The first-order valence-electron chi connectivity index (χ1n) is 13.1. The molecular formula is C32H31N3O4. The van der Waals surface area contributed by atoms with E-state index in [1.165, 1.54) is 0 Å². The monoisotopic (exact) mass is 521 g/mol. The van der Waals surface area contributed by atoms with Crippen molar-refractivity contribution in [3.8, 4) is 0 Å². The molecule has 3 atom stereocenters. The van der Waals surface area contributed by atoms with E-state index >= 15 is 0 Å². The third kappa shape index (κ3) is 4.59. The van der Waals surface area contributed by atoms with Crippen LogP contribution in [0.2, 0.25) is 0 Å². The van der Waals surface area contributed by atoms with Crippen LogP contribution in [0.4, 0.5) is 0 Å². The number of imidazole rings is 1. The van der Waals surface area contributed by atoms with Gasteiger partial charge in [-0.1, -0.05) is 97.1 Å². The van der Waals surface area contributed by atoms with E-state index in [0.717, 1.165) is 22.3 Å². The van der Waals surface area contributed by atoms with Gasteiger partial charge >= 0.3 is 0 Å². The highest BCUT2D eigenvalue weighted by Gasteiger charge is 2.51. The van der Waals surface area contributed by atoms with E-state index in [-0.39, 0.29) is 23.9 Å². The Morgan fingerprint density at radius 3 is 1.95 bits per heavy atom. The van der Waals surface area contributed by atoms with E-state index in [1.54, 1.807) is 12.5 Å². The topological polar surface area (TPSA) is 88.6 Å². The first kappa shape index (κ1) is 25.2. The van der Waals surface area contributed by atoms with Crippen LogP contribution in [0.5, 0.6) is 0 Å². The second-order valence-corrected chi connectivity index (χ2v) is 10.4. The first-order chi connectivity index (χ1) is 18.9. The summed E-state index contributed by atoms with van der Waals surface area (Å²) in [7, 11) is 0. The highest BCUT2D eigenvalue weighted by Crippen LogP contribution is 2.46. The fraction of sp³-hybridized carbons (Fsp3) is 0.250. The molecule has 0 bridgehead atoms. The lowest BCUT2D eigenvalue weighted by atomic mass is 9.80. The lowest BCUT2D eigenvalue weighted by Crippen LogP contribution is -2.35. The first-order valence-corrected chi connectivity index (χ1v) is 13.1. The predicted octanol–water partition coefficient (Wildman–Crippen LogP) is 4.99. The molecule has 1 aliphatic heterocycles. The molecule has 2 aliphatic rings. The van der Waals surface area contributed by atoms with Crippen molar-refractivity contribution in [2.75, 3.05) is 6.61 Å². The number of nitrogens with zero attached hydrogens (tertiary/aromatic N) is 2. The summed E-state index contributed by atoms with van der Waals surface area (Å²) in [4.78, 5) is 15.9. The Hall–Kier alpha value is -4.04. The zero-order chi connectivity index (χ0) is 27.0. The number of fused-ring (bicyclic) bond motifs is 1. The van der Waals surface area contributed by atoms with Crippen molar-refractivity contribution in [1.82, 2.24) is 9.55 Å². The van der Waals surface area contributed by atoms with Crippen LogP contribution in [0.25, 0.3) is 0 Å². The van der Waals surface area contributed by atoms with Gasteiger partial charge in [0.1, 0.15) is 23.5 Å². The minimum atomic E-state index is -0.860. The number of amides is 1. The zero-order valence-corrected chi connectivity index (χ0v) is 21.9. The van der Waals surface area contributed by atoms with Crippen LogP contribution < -0.4 is 5.73 Å². The van der Waals surface area contributed by atoms with E-state index in [2.05, 4.69) is 47.5 Å². The van der Waals surface area contributed by atoms with Gasteiger partial charge < -0.3 is 24.5 Å². The summed E-state index contributed by atoms with van der Waals surface area (Å²) >= 11 is 0. The van der Waals surface area contributed by atoms with Crippen LogP contribution in [-0.4, -0.2) is 40.1 Å². The molecule has 3 aromatic carbocycles. The maximum atomic E-state index is 11.7. The number of nitrogens with two attached hydrogens (primary N) is 1. The third-order valence-corrected chi connectivity index (χ3v) is 7.41. The summed E-state index contributed by atoms with van der Waals surface area (Å²) in [6.45, 7) is 4.12. The van der Waals surface area contributed by atoms with Crippen LogP contribution in [0, 0.1) is 0 Å². The smallest absolute Gasteiger partial charge is 0.268 e. The number of rotatable bonds is 8. The maximum Gasteiger partial charge on any atom is 0.268 e. The van der Waals surface area contributed by atoms with Crippen LogP contribution in [0.3, 0.4) is 0 Å². The maximum absolute atomic E-state index is 11.7. The molecule has 1 fully saturated rings. The van der Waals surface area contributed by atoms with Crippen LogP contribution in [-0.2, 0) is 19.8 Å². The fourth-order valence-corrected chi connectivity index (χ4v) is 5.71. The van der Waals surface area contributed by atoms with Gasteiger partial charge in [0.25, 0.3) is 5.91 Å². The quantitative estimate of drug-likeness (QED) is 0.261. The highest BCUT2D eigenvalue weighted by molar-refractivity contribution is 5.90. The van der Waals surface area contributed by atoms with Crippen LogP contribution in [0.1, 0.15) is 47.1 Å². The van der Waals surface area contributed by atoms with Crippen molar-refractivity contribution >= 4 is 5.91 Å². The third-order valence-electron chi connectivity index (χ3n) is 7.41. The summed E-state index contributed by atoms with van der Waals surface area (Å²) in [5.41, 5.74) is 8.86. The number of carbonyl (C=O) groups is 1. The van der Waals surface area contributed by atoms with E-state index in [9.17, 15) is 4.79 Å². The Morgan fingerprint density at radius 1 is 0.923 bits per heavy atom. The Bertz CT molecular complexity index is 1380. The number of primary amides is 1. The Kier molecular flexibility index (Phi) is 6.43. The number of benzene rings is 3. The van der Waals surface area contributed by atoms with Crippen LogP contribution >= 0.6 is 0 Å². The van der Waals surface area contributed by atoms with Gasteiger partial charge in [-0.15, -0.1) is 0 Å². The lowest BCUT2D eigenvalue weighted by molar-refractivity contribution is -0.148. The molecule has 1 amide bonds. The van der Waals surface area contributed by atoms with Gasteiger partial charge in [0, 0.05) is 6.20 Å². The molecular weight excluding hydrogens is 490 g/mol. The van der Waals surface area contributed by atoms with Gasteiger partial charge in [-0.25, -0.2) is 4.98 Å². The fourth-order valence-electron chi connectivity index (χ4n) is 5.71. The summed E-state index contributed by atoms with van der Waals surface area (Å²) < 4.78 is 21.6. The Morgan fingerprint density at radius 2 is 1.46 bits per heavy atom. The second kappa shape index (κ2) is 9.93. The molecule has 0 spiro atoms. The molecule has 2 N–H and O–H groups in total. The van der Waals surface area contributed by atoms with Gasteiger partial charge in [0.05, 0.1) is 19.0 Å². The van der Waals surface area contributed by atoms with E-state index in [0.29, 0.717) is 6.61 Å². The molecule has 1 aliphatic carbocycles. The van der Waals surface area contributed by atoms with Gasteiger partial charge in [0.15, 0.2) is 5.79 Å². The van der Waals surface area contributed by atoms with Crippen LogP contribution in [0.15, 0.2) is 115 Å². The normalized spacial score (nSPS) is 21.9. The lowest BCUT2D eigenvalue weighted by Gasteiger charge is -2.36. The molecule has 6 rings (SSSR count). The number of carbonyl (C=O) groups excluding carboxylic acids is 1. The number of hydrogen-bond acceptors (Lipinski definition) is 5. The summed E-state index contributed by atoms with van der Waals surface area (Å²) in [5.74, 6) is -1.34. The second-order valence-electron chi connectivity index (χ2n) is 10.4. The summed E-state index contributed by atoms with van der Waals surface area (Å²) in [5, 5.41) is 0. The van der Waals surface area contributed by atoms with Crippen molar-refractivity contribution < 1.29 is 19.0 Å². The average molecular weight is 522 g/mol. The van der Waals surface area contributed by atoms with Crippen molar-refractivity contribution in [3.63, 3.8) is 0 Å². The molecule has 0 radical (unpaired) electrons. The molecule has 4 aromatic rings. The van der Waals surface area contributed by atoms with Gasteiger partial charge in [0.2, 0.25) is 0 Å². The zero-order valence-electron chi connectivity index (χ0n) is 21.9. The minimum Gasteiger partial charge on any atom is -0.364 e. The Labute approximate surface area is 227 Å². The predicted molar refractivity (Wildman–Crippen MR) is 147 cm³/mol. The molecule has 3 unspecified atom stereocenters. The number of hydrogen-bond donors (Lipinski definition) is 1. The molecule has 7 nitrogen and oxygen atoms in total. The molecule has 2 heterocycles. The minimum absolute atomic E-state index is 0.207. The standard InChI is InChI=1S/C32H31N3O4/c1-31(2)38-28-22(18-27(29(28)39-31)35-19-26(30(33)36)34-21-35)20-37-32(23-12-6-3-7-13-23,24-14-8-4-9-15-24)25-16-10-5-11-17-25/h3-19,21,27-29H,20H2,1-2H3,(H2,33,36). The molecule has 39 heavy (non-hydrogen) atoms. The molecule has 0 saturated carbocycles. The SMILES string of the molecule is CC1(C)OC2C(COC(c3ccccc3)(c3ccccc3)c3ccccc3)=CC(n3cnc(C(N)=O)c3)C2O1. The van der Waals surface area contributed by atoms with Gasteiger partial charge in [-0.3, -0.25) is 4.79 Å². The van der Waals surface area contributed by atoms with E-state index in [4.69, 9.17) is 19.9 Å². The Balaban J connectivity index is 1.42. The highest BCUT2D eigenvalue weighted by atomic mass is 16.8. The van der Waals surface area contributed by atoms with Crippen molar-refractivity contribution in [3.05, 3.63) is 138 Å². The van der Waals surface area contributed by atoms with E-state index < -0.39 is 17.3 Å². The average Bonchev–Trinajstić information content (AvgIpc) is 3.65. The largest absolute Gasteiger partial charge is 0.364 e. The van der Waals surface area contributed by atoms with Crippen molar-refractivity contribution in [1.29, 1.82) is 0 Å². The molecule has 7 heteroatoms. The number of aromatic nitrogens is 2.